The zero-order valence-corrected chi connectivity index (χ0v) is 15.3. The second-order valence-electron chi connectivity index (χ2n) is 5.38. The van der Waals surface area contributed by atoms with Gasteiger partial charge in [0.05, 0.1) is 11.0 Å². The van der Waals surface area contributed by atoms with Crippen molar-refractivity contribution in [2.75, 3.05) is 6.54 Å². The number of imidazole rings is 1. The van der Waals surface area contributed by atoms with Crippen molar-refractivity contribution >= 4 is 41.8 Å². The number of rotatable bonds is 7. The van der Waals surface area contributed by atoms with Gasteiger partial charge in [0.2, 0.25) is 5.91 Å². The number of hydrogen-bond donors (Lipinski definition) is 2. The van der Waals surface area contributed by atoms with Gasteiger partial charge in [0.1, 0.15) is 12.4 Å². The summed E-state index contributed by atoms with van der Waals surface area (Å²) in [7, 11) is 0. The molecule has 0 fully saturated rings. The minimum atomic E-state index is -0.00666. The first-order chi connectivity index (χ1) is 10.2. The fourth-order valence-corrected chi connectivity index (χ4v) is 2.51. The quantitative estimate of drug-likeness (QED) is 0.797. The van der Waals surface area contributed by atoms with Crippen molar-refractivity contribution < 1.29 is 4.79 Å². The molecule has 0 aliphatic rings. The Morgan fingerprint density at radius 2 is 2.04 bits per heavy atom. The zero-order valence-electron chi connectivity index (χ0n) is 13.6. The number of carbonyl (C=O) groups excluding carboxylic acids is 1. The zero-order chi connectivity index (χ0) is 15.2. The molecule has 0 aliphatic heterocycles. The summed E-state index contributed by atoms with van der Waals surface area (Å²) in [4.78, 5) is 16.7. The molecule has 0 saturated heterocycles. The summed E-state index contributed by atoms with van der Waals surface area (Å²) in [5, 5.41) is 3.02. The second kappa shape index (κ2) is 10.5. The molecule has 3 N–H and O–H groups in total. The van der Waals surface area contributed by atoms with Gasteiger partial charge in [0.15, 0.2) is 0 Å². The van der Waals surface area contributed by atoms with E-state index in [0.717, 1.165) is 36.1 Å². The highest BCUT2D eigenvalue weighted by Crippen LogP contribution is 2.15. The van der Waals surface area contributed by atoms with E-state index in [9.17, 15) is 4.79 Å². The number of amides is 1. The Balaban J connectivity index is 0.00000242. The van der Waals surface area contributed by atoms with E-state index < -0.39 is 0 Å². The average molecular weight is 361 g/mol. The molecule has 0 bridgehead atoms. The van der Waals surface area contributed by atoms with Gasteiger partial charge >= 0.3 is 0 Å². The van der Waals surface area contributed by atoms with Gasteiger partial charge in [-0.2, -0.15) is 0 Å². The van der Waals surface area contributed by atoms with E-state index in [-0.39, 0.29) is 43.3 Å². The third kappa shape index (κ3) is 5.68. The van der Waals surface area contributed by atoms with E-state index in [2.05, 4.69) is 17.2 Å². The van der Waals surface area contributed by atoms with E-state index in [1.54, 1.807) is 0 Å². The summed E-state index contributed by atoms with van der Waals surface area (Å²) in [6.45, 7) is 4.82. The van der Waals surface area contributed by atoms with Crippen LogP contribution in [-0.2, 0) is 11.3 Å². The van der Waals surface area contributed by atoms with Gasteiger partial charge in [-0.3, -0.25) is 4.79 Å². The molecule has 7 heteroatoms. The first-order valence-electron chi connectivity index (χ1n) is 7.57. The Bertz CT molecular complexity index is 615. The third-order valence-corrected chi connectivity index (χ3v) is 3.70. The van der Waals surface area contributed by atoms with Crippen LogP contribution in [0, 0.1) is 6.92 Å². The second-order valence-corrected chi connectivity index (χ2v) is 5.38. The van der Waals surface area contributed by atoms with Crippen molar-refractivity contribution in [2.24, 2.45) is 5.73 Å². The summed E-state index contributed by atoms with van der Waals surface area (Å²) in [6.07, 6.45) is 3.12. The Morgan fingerprint density at radius 1 is 1.35 bits per heavy atom. The van der Waals surface area contributed by atoms with Crippen LogP contribution in [0.3, 0.4) is 0 Å². The standard InChI is InChI=1S/C16H24N4O.2ClH/c1-3-4-7-13(10-17)19-16(21)11-20-12(2)18-14-8-5-6-9-15(14)20;;/h5-6,8-9,13H,3-4,7,10-11,17H2,1-2H3,(H,19,21);2*1H. The molecule has 0 spiro atoms. The van der Waals surface area contributed by atoms with E-state index >= 15 is 0 Å². The molecule has 0 aliphatic carbocycles. The number of hydrogen-bond acceptors (Lipinski definition) is 3. The number of nitrogens with two attached hydrogens (primary N) is 1. The van der Waals surface area contributed by atoms with Crippen molar-refractivity contribution in [3.63, 3.8) is 0 Å². The number of aromatic nitrogens is 2. The summed E-state index contributed by atoms with van der Waals surface area (Å²) in [6, 6.07) is 7.92. The molecular formula is C16H26Cl2N4O. The van der Waals surface area contributed by atoms with E-state index in [1.807, 2.05) is 35.8 Å². The molecule has 1 atom stereocenters. The highest BCUT2D eigenvalue weighted by molar-refractivity contribution is 5.85. The van der Waals surface area contributed by atoms with Gasteiger partial charge in [-0.05, 0) is 25.5 Å². The van der Waals surface area contributed by atoms with E-state index in [1.165, 1.54) is 0 Å². The molecule has 1 heterocycles. The SMILES string of the molecule is CCCCC(CN)NC(=O)Cn1c(C)nc2ccccc21.Cl.Cl. The predicted molar refractivity (Wildman–Crippen MR) is 99.5 cm³/mol. The number of para-hydroxylation sites is 2. The van der Waals surface area contributed by atoms with Crippen molar-refractivity contribution in [1.29, 1.82) is 0 Å². The highest BCUT2D eigenvalue weighted by atomic mass is 35.5. The number of unbranched alkanes of at least 4 members (excludes halogenated alkanes) is 1. The molecule has 23 heavy (non-hydrogen) atoms. The van der Waals surface area contributed by atoms with E-state index in [4.69, 9.17) is 5.73 Å². The van der Waals surface area contributed by atoms with Gasteiger partial charge in [-0.15, -0.1) is 24.8 Å². The van der Waals surface area contributed by atoms with Gasteiger partial charge in [-0.25, -0.2) is 4.98 Å². The number of nitrogens with zero attached hydrogens (tertiary/aromatic N) is 2. The maximum Gasteiger partial charge on any atom is 0.240 e. The molecule has 1 aromatic carbocycles. The van der Waals surface area contributed by atoms with Crippen LogP contribution in [0.5, 0.6) is 0 Å². The fraction of sp³-hybridized carbons (Fsp3) is 0.500. The van der Waals surface area contributed by atoms with Crippen molar-refractivity contribution in [3.05, 3.63) is 30.1 Å². The first kappa shape index (κ1) is 21.7. The van der Waals surface area contributed by atoms with Crippen LogP contribution >= 0.6 is 24.8 Å². The van der Waals surface area contributed by atoms with Crippen LogP contribution in [0.2, 0.25) is 0 Å². The Morgan fingerprint density at radius 3 is 2.70 bits per heavy atom. The minimum Gasteiger partial charge on any atom is -0.351 e. The number of benzene rings is 1. The Kier molecular flexibility index (Phi) is 9.88. The molecule has 5 nitrogen and oxygen atoms in total. The largest absolute Gasteiger partial charge is 0.351 e. The lowest BCUT2D eigenvalue weighted by atomic mass is 10.1. The summed E-state index contributed by atoms with van der Waals surface area (Å²) >= 11 is 0. The van der Waals surface area contributed by atoms with Crippen LogP contribution in [-0.4, -0.2) is 28.0 Å². The number of carbonyl (C=O) groups is 1. The van der Waals surface area contributed by atoms with Crippen LogP contribution in [0.1, 0.15) is 32.0 Å². The van der Waals surface area contributed by atoms with Crippen molar-refractivity contribution in [2.45, 2.75) is 45.7 Å². The van der Waals surface area contributed by atoms with Crippen molar-refractivity contribution in [1.82, 2.24) is 14.9 Å². The number of fused-ring (bicyclic) bond motifs is 1. The van der Waals surface area contributed by atoms with Gasteiger partial charge < -0.3 is 15.6 Å². The lowest BCUT2D eigenvalue weighted by Gasteiger charge is -2.17. The molecule has 1 unspecified atom stereocenters. The molecule has 0 saturated carbocycles. The molecule has 1 amide bonds. The van der Waals surface area contributed by atoms with Gasteiger partial charge in [0, 0.05) is 12.6 Å². The molecule has 130 valence electrons. The maximum atomic E-state index is 12.2. The fourth-order valence-electron chi connectivity index (χ4n) is 2.51. The normalized spacial score (nSPS) is 11.4. The molecule has 2 rings (SSSR count). The molecule has 0 radical (unpaired) electrons. The predicted octanol–water partition coefficient (Wildman–Crippen LogP) is 2.82. The van der Waals surface area contributed by atoms with Gasteiger partial charge in [0.25, 0.3) is 0 Å². The van der Waals surface area contributed by atoms with Gasteiger partial charge in [-0.1, -0.05) is 31.9 Å². The highest BCUT2D eigenvalue weighted by Gasteiger charge is 2.13. The lowest BCUT2D eigenvalue weighted by Crippen LogP contribution is -2.41. The number of halogens is 2. The summed E-state index contributed by atoms with van der Waals surface area (Å²) in [5.41, 5.74) is 7.63. The maximum absolute atomic E-state index is 12.2. The van der Waals surface area contributed by atoms with Crippen LogP contribution in [0.15, 0.2) is 24.3 Å². The number of aryl methyl sites for hydroxylation is 1. The first-order valence-corrected chi connectivity index (χ1v) is 7.57. The van der Waals surface area contributed by atoms with Crippen LogP contribution in [0.4, 0.5) is 0 Å². The monoisotopic (exact) mass is 360 g/mol. The molecule has 2 aromatic rings. The molecule has 1 aromatic heterocycles. The minimum absolute atomic E-state index is 0. The third-order valence-electron chi connectivity index (χ3n) is 3.70. The number of nitrogens with one attached hydrogen (secondary N) is 1. The summed E-state index contributed by atoms with van der Waals surface area (Å²) in [5.74, 6) is 0.844. The van der Waals surface area contributed by atoms with Crippen LogP contribution in [0.25, 0.3) is 11.0 Å². The topological polar surface area (TPSA) is 72.9 Å². The smallest absolute Gasteiger partial charge is 0.240 e. The van der Waals surface area contributed by atoms with E-state index in [0.29, 0.717) is 6.54 Å². The average Bonchev–Trinajstić information content (AvgIpc) is 2.79. The summed E-state index contributed by atoms with van der Waals surface area (Å²) < 4.78 is 1.94. The van der Waals surface area contributed by atoms with Crippen LogP contribution < -0.4 is 11.1 Å². The molecular weight excluding hydrogens is 335 g/mol. The Labute approximate surface area is 149 Å². The van der Waals surface area contributed by atoms with Crippen molar-refractivity contribution in [3.8, 4) is 0 Å². The lowest BCUT2D eigenvalue weighted by molar-refractivity contribution is -0.122. The Hall–Kier alpha value is -1.30.